The number of nitrogens with zero attached hydrogens (tertiary/aromatic N) is 2. The van der Waals surface area contributed by atoms with E-state index in [0.29, 0.717) is 24.0 Å². The van der Waals surface area contributed by atoms with Gasteiger partial charge in [0.05, 0.1) is 13.1 Å². The van der Waals surface area contributed by atoms with Gasteiger partial charge in [-0.1, -0.05) is 24.3 Å². The van der Waals surface area contributed by atoms with Crippen LogP contribution in [0, 0.1) is 0 Å². The van der Waals surface area contributed by atoms with Gasteiger partial charge in [-0.15, -0.1) is 0 Å². The van der Waals surface area contributed by atoms with Gasteiger partial charge in [0.1, 0.15) is 17.0 Å². The lowest BCUT2D eigenvalue weighted by Gasteiger charge is -2.39. The number of carbonyl (C=O) groups is 1. The number of rotatable bonds is 5. The summed E-state index contributed by atoms with van der Waals surface area (Å²) in [5, 5.41) is 0.386. The van der Waals surface area contributed by atoms with Gasteiger partial charge < -0.3 is 15.4 Å². The number of carbonyl (C=O) groups excluding carboxylic acids is 1. The fourth-order valence-electron chi connectivity index (χ4n) is 2.78. The minimum Gasteiger partial charge on any atom is -0.487 e. The van der Waals surface area contributed by atoms with Crippen LogP contribution in [-0.4, -0.2) is 40.5 Å². The summed E-state index contributed by atoms with van der Waals surface area (Å²) in [5.41, 5.74) is 8.29. The van der Waals surface area contributed by atoms with E-state index in [9.17, 15) is 4.79 Å². The smallest absolute Gasteiger partial charge is 0.219 e. The summed E-state index contributed by atoms with van der Waals surface area (Å²) in [4.78, 5) is 17.1. The van der Waals surface area contributed by atoms with Gasteiger partial charge in [0.15, 0.2) is 0 Å². The molecule has 2 N–H and O–H groups in total. The van der Waals surface area contributed by atoms with E-state index in [1.807, 2.05) is 26.8 Å². The largest absolute Gasteiger partial charge is 0.487 e. The van der Waals surface area contributed by atoms with Gasteiger partial charge >= 0.3 is 0 Å². The predicted molar refractivity (Wildman–Crippen MR) is 97.3 cm³/mol. The zero-order valence-electron chi connectivity index (χ0n) is 14.6. The molecule has 130 valence electrons. The first kappa shape index (κ1) is 18.5. The lowest BCUT2D eigenvalue weighted by molar-refractivity contribution is -0.138. The quantitative estimate of drug-likeness (QED) is 0.655. The van der Waals surface area contributed by atoms with E-state index in [1.54, 1.807) is 24.1 Å². The first-order valence-corrected chi connectivity index (χ1v) is 8.24. The van der Waals surface area contributed by atoms with Gasteiger partial charge in [0, 0.05) is 24.2 Å². The van der Waals surface area contributed by atoms with Crippen molar-refractivity contribution in [3.05, 3.63) is 41.2 Å². The summed E-state index contributed by atoms with van der Waals surface area (Å²) in [6.45, 7) is 12.5. The molecule has 1 fully saturated rings. The van der Waals surface area contributed by atoms with Crippen LogP contribution < -0.4 is 5.73 Å². The lowest BCUT2D eigenvalue weighted by atomic mass is 9.87. The maximum atomic E-state index is 11.3. The maximum absolute atomic E-state index is 11.3. The molecular weight excluding hydrogens is 326 g/mol. The lowest BCUT2D eigenvalue weighted by Crippen LogP contribution is -2.53. The molecule has 0 aliphatic carbocycles. The molecule has 0 atom stereocenters. The highest BCUT2D eigenvalue weighted by atomic mass is 35.5. The Morgan fingerprint density at radius 3 is 2.62 bits per heavy atom. The summed E-state index contributed by atoms with van der Waals surface area (Å²) < 4.78 is 5.90. The van der Waals surface area contributed by atoms with Crippen LogP contribution in [0.5, 0.6) is 0 Å². The SMILES string of the molecule is C=C(OC1CN(C(C)=O)C1)c1cnc(Cl)cc1/C(=C\C)C(C)(C)N. The van der Waals surface area contributed by atoms with E-state index in [4.69, 9.17) is 22.1 Å². The molecule has 6 heteroatoms. The molecule has 1 aliphatic rings. The Morgan fingerprint density at radius 1 is 1.50 bits per heavy atom. The van der Waals surface area contributed by atoms with Crippen molar-refractivity contribution in [1.82, 2.24) is 9.88 Å². The van der Waals surface area contributed by atoms with Gasteiger partial charge in [-0.25, -0.2) is 4.98 Å². The second kappa shape index (κ2) is 6.95. The minimum absolute atomic E-state index is 0.0510. The Kier molecular flexibility index (Phi) is 5.35. The number of hydrogen-bond donors (Lipinski definition) is 1. The molecule has 1 aromatic rings. The summed E-state index contributed by atoms with van der Waals surface area (Å²) in [6.07, 6.45) is 3.56. The highest BCUT2D eigenvalue weighted by Gasteiger charge is 2.31. The van der Waals surface area contributed by atoms with E-state index < -0.39 is 5.54 Å². The first-order valence-electron chi connectivity index (χ1n) is 7.86. The van der Waals surface area contributed by atoms with Crippen LogP contribution in [-0.2, 0) is 9.53 Å². The zero-order valence-corrected chi connectivity index (χ0v) is 15.4. The molecule has 0 spiro atoms. The molecule has 1 amide bonds. The molecule has 0 aromatic carbocycles. The third-order valence-electron chi connectivity index (χ3n) is 4.05. The Labute approximate surface area is 148 Å². The molecular formula is C18H24ClN3O2. The Hall–Kier alpha value is -1.85. The number of ether oxygens (including phenoxy) is 1. The highest BCUT2D eigenvalue weighted by Crippen LogP contribution is 2.33. The molecule has 24 heavy (non-hydrogen) atoms. The average molecular weight is 350 g/mol. The molecule has 1 aliphatic heterocycles. The van der Waals surface area contributed by atoms with Crippen molar-refractivity contribution in [2.45, 2.75) is 39.3 Å². The molecule has 0 bridgehead atoms. The number of halogens is 1. The molecule has 1 aromatic heterocycles. The number of amides is 1. The average Bonchev–Trinajstić information content (AvgIpc) is 2.41. The second-order valence-corrected chi connectivity index (χ2v) is 6.95. The number of aromatic nitrogens is 1. The number of pyridine rings is 1. The molecule has 0 saturated carbocycles. The van der Waals surface area contributed by atoms with Crippen molar-refractivity contribution in [2.75, 3.05) is 13.1 Å². The fourth-order valence-corrected chi connectivity index (χ4v) is 2.94. The second-order valence-electron chi connectivity index (χ2n) is 6.56. The zero-order chi connectivity index (χ0) is 18.1. The number of hydrogen-bond acceptors (Lipinski definition) is 4. The van der Waals surface area contributed by atoms with Crippen molar-refractivity contribution in [3.63, 3.8) is 0 Å². The molecule has 2 heterocycles. The van der Waals surface area contributed by atoms with Gasteiger partial charge in [-0.05, 0) is 38.0 Å². The van der Waals surface area contributed by atoms with E-state index in [2.05, 4.69) is 11.6 Å². The fraction of sp³-hybridized carbons (Fsp3) is 0.444. The Morgan fingerprint density at radius 2 is 2.12 bits per heavy atom. The topological polar surface area (TPSA) is 68.5 Å². The minimum atomic E-state index is -0.545. The monoisotopic (exact) mass is 349 g/mol. The van der Waals surface area contributed by atoms with E-state index in [0.717, 1.165) is 16.7 Å². The van der Waals surface area contributed by atoms with Crippen LogP contribution in [0.2, 0.25) is 5.15 Å². The predicted octanol–water partition coefficient (Wildman–Crippen LogP) is 3.09. The Bertz CT molecular complexity index is 686. The van der Waals surface area contributed by atoms with Crippen molar-refractivity contribution in [3.8, 4) is 0 Å². The van der Waals surface area contributed by atoms with Crippen LogP contribution in [0.3, 0.4) is 0 Å². The molecule has 5 nitrogen and oxygen atoms in total. The van der Waals surface area contributed by atoms with Gasteiger partial charge in [0.25, 0.3) is 0 Å². The third kappa shape index (κ3) is 3.97. The summed E-state index contributed by atoms with van der Waals surface area (Å²) in [7, 11) is 0. The van der Waals surface area contributed by atoms with Crippen LogP contribution in [0.25, 0.3) is 11.3 Å². The summed E-state index contributed by atoms with van der Waals surface area (Å²) in [5.74, 6) is 0.557. The molecule has 2 rings (SSSR count). The van der Waals surface area contributed by atoms with Crippen molar-refractivity contribution >= 4 is 28.8 Å². The van der Waals surface area contributed by atoms with Crippen molar-refractivity contribution in [2.24, 2.45) is 5.73 Å². The Balaban J connectivity index is 2.24. The molecule has 0 unspecified atom stereocenters. The standard InChI is InChI=1S/C18H24ClN3O2/c1-6-16(18(4,5)20)14-7-17(19)21-8-15(14)11(2)24-13-9-22(10-13)12(3)23/h6-8,13H,2,9-10,20H2,1,3-5H3/b16-6+. The van der Waals surface area contributed by atoms with E-state index in [1.165, 1.54) is 0 Å². The maximum Gasteiger partial charge on any atom is 0.219 e. The number of allylic oxidation sites excluding steroid dienone is 1. The van der Waals surface area contributed by atoms with Gasteiger partial charge in [-0.3, -0.25) is 4.79 Å². The van der Waals surface area contributed by atoms with Gasteiger partial charge in [-0.2, -0.15) is 0 Å². The van der Waals surface area contributed by atoms with Crippen LogP contribution in [0.15, 0.2) is 24.9 Å². The molecule has 0 radical (unpaired) electrons. The van der Waals surface area contributed by atoms with E-state index in [-0.39, 0.29) is 12.0 Å². The molecule has 1 saturated heterocycles. The number of nitrogens with two attached hydrogens (primary N) is 1. The first-order chi connectivity index (χ1) is 11.1. The van der Waals surface area contributed by atoms with Crippen LogP contribution in [0.1, 0.15) is 38.8 Å². The van der Waals surface area contributed by atoms with Gasteiger partial charge in [0.2, 0.25) is 5.91 Å². The van der Waals surface area contributed by atoms with Crippen LogP contribution in [0.4, 0.5) is 0 Å². The van der Waals surface area contributed by atoms with E-state index >= 15 is 0 Å². The normalized spacial score (nSPS) is 15.9. The summed E-state index contributed by atoms with van der Waals surface area (Å²) in [6, 6.07) is 1.78. The highest BCUT2D eigenvalue weighted by molar-refractivity contribution is 6.29. The number of likely N-dealkylation sites (tertiary alicyclic amines) is 1. The van der Waals surface area contributed by atoms with Crippen molar-refractivity contribution in [1.29, 1.82) is 0 Å². The van der Waals surface area contributed by atoms with Crippen molar-refractivity contribution < 1.29 is 9.53 Å². The summed E-state index contributed by atoms with van der Waals surface area (Å²) >= 11 is 6.08. The van der Waals surface area contributed by atoms with Crippen LogP contribution >= 0.6 is 11.6 Å². The third-order valence-corrected chi connectivity index (χ3v) is 4.25.